The molecule has 1 rings (SSSR count). The summed E-state index contributed by atoms with van der Waals surface area (Å²) >= 11 is 0. The van der Waals surface area contributed by atoms with Gasteiger partial charge in [0, 0.05) is 24.3 Å². The number of benzene rings is 1. The molecule has 0 radical (unpaired) electrons. The van der Waals surface area contributed by atoms with Gasteiger partial charge in [0.15, 0.2) is 0 Å². The second kappa shape index (κ2) is 9.46. The monoisotopic (exact) mass is 347 g/mol. The van der Waals surface area contributed by atoms with E-state index >= 15 is 0 Å². The number of carbonyl (C=O) groups excluding carboxylic acids is 3. The topological polar surface area (TPSA) is 96.5 Å². The molecule has 3 N–H and O–H groups in total. The summed E-state index contributed by atoms with van der Waals surface area (Å²) in [4.78, 5) is 34.7. The van der Waals surface area contributed by atoms with Crippen LogP contribution in [0.5, 0.6) is 0 Å². The molecular weight excluding hydrogens is 322 g/mol. The second-order valence-electron chi connectivity index (χ2n) is 6.29. The number of nitrogens with one attached hydrogen (secondary N) is 3. The van der Waals surface area contributed by atoms with E-state index in [2.05, 4.69) is 16.0 Å². The zero-order valence-electron chi connectivity index (χ0n) is 15.0. The minimum absolute atomic E-state index is 0.124. The van der Waals surface area contributed by atoms with Crippen molar-refractivity contribution in [3.05, 3.63) is 36.4 Å². The smallest absolute Gasteiger partial charge is 0.407 e. The molecule has 0 aromatic heterocycles. The van der Waals surface area contributed by atoms with Crippen LogP contribution in [-0.2, 0) is 14.3 Å². The van der Waals surface area contributed by atoms with E-state index in [0.29, 0.717) is 11.4 Å². The fraction of sp³-hybridized carbons (Fsp3) is 0.389. The molecule has 0 aliphatic heterocycles. The van der Waals surface area contributed by atoms with Crippen molar-refractivity contribution in [3.63, 3.8) is 0 Å². The van der Waals surface area contributed by atoms with Gasteiger partial charge in [-0.3, -0.25) is 9.59 Å². The Morgan fingerprint density at radius 1 is 1.04 bits per heavy atom. The summed E-state index contributed by atoms with van der Waals surface area (Å²) in [5.41, 5.74) is 0.662. The first-order valence-electron chi connectivity index (χ1n) is 8.00. The van der Waals surface area contributed by atoms with E-state index < -0.39 is 11.7 Å². The number of rotatable bonds is 6. The van der Waals surface area contributed by atoms with Crippen LogP contribution in [0, 0.1) is 0 Å². The van der Waals surface area contributed by atoms with E-state index in [1.54, 1.807) is 58.0 Å². The molecule has 0 saturated heterocycles. The number of hydrogen-bond acceptors (Lipinski definition) is 4. The van der Waals surface area contributed by atoms with E-state index in [9.17, 15) is 14.4 Å². The molecule has 0 aliphatic rings. The predicted octanol–water partition coefficient (Wildman–Crippen LogP) is 3.05. The van der Waals surface area contributed by atoms with Gasteiger partial charge in [-0.2, -0.15) is 0 Å². The largest absolute Gasteiger partial charge is 0.444 e. The highest BCUT2D eigenvalue weighted by atomic mass is 16.6. The highest BCUT2D eigenvalue weighted by Gasteiger charge is 2.15. The number of ether oxygens (including phenoxy) is 1. The lowest BCUT2D eigenvalue weighted by Crippen LogP contribution is -2.34. The van der Waals surface area contributed by atoms with Gasteiger partial charge >= 0.3 is 6.09 Å². The van der Waals surface area contributed by atoms with Crippen LogP contribution in [0.1, 0.15) is 34.1 Å². The van der Waals surface area contributed by atoms with E-state index in [0.717, 1.165) is 0 Å². The Kier molecular flexibility index (Phi) is 7.65. The molecule has 7 nitrogen and oxygen atoms in total. The van der Waals surface area contributed by atoms with Crippen LogP contribution in [0.4, 0.5) is 16.2 Å². The maximum atomic E-state index is 11.8. The first-order valence-corrected chi connectivity index (χ1v) is 8.00. The lowest BCUT2D eigenvalue weighted by molar-refractivity contribution is -0.116. The minimum atomic E-state index is -0.573. The van der Waals surface area contributed by atoms with Gasteiger partial charge in [0.2, 0.25) is 11.8 Å². The van der Waals surface area contributed by atoms with Crippen molar-refractivity contribution in [3.8, 4) is 0 Å². The quantitative estimate of drug-likeness (QED) is 0.689. The van der Waals surface area contributed by atoms with Crippen molar-refractivity contribution in [1.82, 2.24) is 5.32 Å². The van der Waals surface area contributed by atoms with E-state index in [1.807, 2.05) is 0 Å². The summed E-state index contributed by atoms with van der Waals surface area (Å²) in [6.07, 6.45) is 2.64. The Hall–Kier alpha value is -2.83. The van der Waals surface area contributed by atoms with Gasteiger partial charge in [0.1, 0.15) is 5.60 Å². The zero-order valence-corrected chi connectivity index (χ0v) is 15.0. The molecular formula is C18H25N3O4. The third-order valence-corrected chi connectivity index (χ3v) is 2.77. The summed E-state index contributed by atoms with van der Waals surface area (Å²) in [6.45, 7) is 7.24. The van der Waals surface area contributed by atoms with Crippen molar-refractivity contribution >= 4 is 29.3 Å². The lowest BCUT2D eigenvalue weighted by Gasteiger charge is -2.19. The van der Waals surface area contributed by atoms with Gasteiger partial charge in [-0.25, -0.2) is 4.79 Å². The maximum absolute atomic E-state index is 11.8. The SMILES string of the molecule is C/C=C/C(=O)Nc1ccc(NC(=O)CCNC(=O)OC(C)(C)C)cc1. The molecule has 136 valence electrons. The standard InChI is InChI=1S/C18H25N3O4/c1-5-6-15(22)20-13-7-9-14(10-8-13)21-16(23)11-12-19-17(24)25-18(2,3)4/h5-10H,11-12H2,1-4H3,(H,19,24)(H,20,22)(H,21,23)/b6-5+. The van der Waals surface area contributed by atoms with Crippen LogP contribution in [0.15, 0.2) is 36.4 Å². The van der Waals surface area contributed by atoms with E-state index in [-0.39, 0.29) is 24.8 Å². The van der Waals surface area contributed by atoms with Gasteiger partial charge in [-0.05, 0) is 58.0 Å². The van der Waals surface area contributed by atoms with Crippen LogP contribution in [0.2, 0.25) is 0 Å². The van der Waals surface area contributed by atoms with Crippen molar-refractivity contribution in [2.75, 3.05) is 17.2 Å². The van der Waals surface area contributed by atoms with Crippen LogP contribution in [-0.4, -0.2) is 30.1 Å². The maximum Gasteiger partial charge on any atom is 0.407 e. The number of amides is 3. The van der Waals surface area contributed by atoms with Crippen LogP contribution < -0.4 is 16.0 Å². The number of anilines is 2. The fourth-order valence-electron chi connectivity index (χ4n) is 1.79. The van der Waals surface area contributed by atoms with Gasteiger partial charge in [0.25, 0.3) is 0 Å². The molecule has 0 unspecified atom stereocenters. The fourth-order valence-corrected chi connectivity index (χ4v) is 1.79. The minimum Gasteiger partial charge on any atom is -0.444 e. The highest BCUT2D eigenvalue weighted by molar-refractivity contribution is 5.99. The van der Waals surface area contributed by atoms with Crippen LogP contribution >= 0.6 is 0 Å². The molecule has 1 aromatic rings. The van der Waals surface area contributed by atoms with E-state index in [4.69, 9.17) is 4.74 Å². The number of allylic oxidation sites excluding steroid dienone is 1. The third-order valence-electron chi connectivity index (χ3n) is 2.77. The summed E-state index contributed by atoms with van der Waals surface area (Å²) in [5, 5.41) is 7.92. The Labute approximate surface area is 147 Å². The molecule has 1 aromatic carbocycles. The molecule has 0 spiro atoms. The first kappa shape index (κ1) is 20.2. The zero-order chi connectivity index (χ0) is 18.9. The normalized spacial score (nSPS) is 11.0. The van der Waals surface area contributed by atoms with Crippen LogP contribution in [0.3, 0.4) is 0 Å². The molecule has 0 aliphatic carbocycles. The molecule has 0 bridgehead atoms. The summed E-state index contributed by atoms with van der Waals surface area (Å²) < 4.78 is 5.08. The summed E-state index contributed by atoms with van der Waals surface area (Å²) in [6, 6.07) is 6.75. The summed E-state index contributed by atoms with van der Waals surface area (Å²) in [5.74, 6) is -0.450. The van der Waals surface area contributed by atoms with E-state index in [1.165, 1.54) is 6.08 Å². The van der Waals surface area contributed by atoms with Gasteiger partial charge in [0.05, 0.1) is 0 Å². The first-order chi connectivity index (χ1) is 11.7. The Bertz CT molecular complexity index is 631. The van der Waals surface area contributed by atoms with Gasteiger partial charge in [-0.1, -0.05) is 6.08 Å². The Morgan fingerprint density at radius 3 is 2.12 bits per heavy atom. The Balaban J connectivity index is 2.37. The predicted molar refractivity (Wildman–Crippen MR) is 97.4 cm³/mol. The third kappa shape index (κ3) is 9.14. The van der Waals surface area contributed by atoms with Crippen molar-refractivity contribution < 1.29 is 19.1 Å². The van der Waals surface area contributed by atoms with Crippen molar-refractivity contribution in [1.29, 1.82) is 0 Å². The van der Waals surface area contributed by atoms with Crippen LogP contribution in [0.25, 0.3) is 0 Å². The molecule has 7 heteroatoms. The van der Waals surface area contributed by atoms with Crippen molar-refractivity contribution in [2.24, 2.45) is 0 Å². The second-order valence-corrected chi connectivity index (χ2v) is 6.29. The number of alkyl carbamates (subject to hydrolysis) is 1. The molecule has 0 fully saturated rings. The van der Waals surface area contributed by atoms with Gasteiger partial charge < -0.3 is 20.7 Å². The average molecular weight is 347 g/mol. The Morgan fingerprint density at radius 2 is 1.60 bits per heavy atom. The number of carbonyl (C=O) groups is 3. The summed E-state index contributed by atoms with van der Waals surface area (Å²) in [7, 11) is 0. The van der Waals surface area contributed by atoms with Gasteiger partial charge in [-0.15, -0.1) is 0 Å². The molecule has 0 atom stereocenters. The highest BCUT2D eigenvalue weighted by Crippen LogP contribution is 2.14. The molecule has 25 heavy (non-hydrogen) atoms. The lowest BCUT2D eigenvalue weighted by atomic mass is 10.2. The number of hydrogen-bond donors (Lipinski definition) is 3. The molecule has 3 amide bonds. The molecule has 0 heterocycles. The van der Waals surface area contributed by atoms with Crippen molar-refractivity contribution in [2.45, 2.75) is 39.7 Å². The molecule has 0 saturated carbocycles. The average Bonchev–Trinajstić information content (AvgIpc) is 2.47.